The fraction of sp³-hybridized carbons (Fsp3) is 0.684. The Morgan fingerprint density at radius 1 is 1.26 bits per heavy atom. The molecule has 0 radical (unpaired) electrons. The summed E-state index contributed by atoms with van der Waals surface area (Å²) in [4.78, 5) is 0. The minimum absolute atomic E-state index is 0.175. The van der Waals surface area contributed by atoms with Gasteiger partial charge in [-0.2, -0.15) is 0 Å². The number of nitrogens with one attached hydrogen (secondary N) is 1. The van der Waals surface area contributed by atoms with E-state index in [9.17, 15) is 5.11 Å². The third-order valence-electron chi connectivity index (χ3n) is 4.56. The van der Waals surface area contributed by atoms with Crippen LogP contribution in [0, 0.1) is 0 Å². The van der Waals surface area contributed by atoms with Gasteiger partial charge in [-0.25, -0.2) is 0 Å². The van der Waals surface area contributed by atoms with Crippen LogP contribution in [0.15, 0.2) is 24.3 Å². The first-order valence-corrected chi connectivity index (χ1v) is 8.73. The van der Waals surface area contributed by atoms with Gasteiger partial charge >= 0.3 is 0 Å². The Balaban J connectivity index is 1.75. The molecule has 130 valence electrons. The van der Waals surface area contributed by atoms with Gasteiger partial charge in [0.2, 0.25) is 0 Å². The van der Waals surface area contributed by atoms with Crippen molar-refractivity contribution in [2.24, 2.45) is 0 Å². The fourth-order valence-corrected chi connectivity index (χ4v) is 2.78. The van der Waals surface area contributed by atoms with Crippen LogP contribution in [-0.4, -0.2) is 43.7 Å². The van der Waals surface area contributed by atoms with Crippen LogP contribution in [0.1, 0.15) is 44.7 Å². The number of aliphatic hydroxyl groups excluding tert-OH is 1. The Morgan fingerprint density at radius 2 is 1.91 bits per heavy atom. The molecule has 1 aromatic rings. The van der Waals surface area contributed by atoms with Crippen molar-refractivity contribution in [3.8, 4) is 0 Å². The van der Waals surface area contributed by atoms with Gasteiger partial charge in [-0.15, -0.1) is 0 Å². The van der Waals surface area contributed by atoms with Gasteiger partial charge in [0.1, 0.15) is 0 Å². The third-order valence-corrected chi connectivity index (χ3v) is 4.56. The van der Waals surface area contributed by atoms with E-state index in [-0.39, 0.29) is 11.6 Å². The summed E-state index contributed by atoms with van der Waals surface area (Å²) >= 11 is 0. The van der Waals surface area contributed by atoms with E-state index in [2.05, 4.69) is 50.4 Å². The molecule has 0 amide bonds. The van der Waals surface area contributed by atoms with E-state index in [0.29, 0.717) is 13.2 Å². The molecule has 1 saturated heterocycles. The minimum atomic E-state index is -0.493. The standard InChI is InChI=1S/C19H31NO3/c1-4-15-5-7-16(8-6-15)19(2,3)20-13-17(21)14-23-18-9-11-22-12-10-18/h5-8,17-18,20-21H,4,9-14H2,1-3H3. The molecule has 1 aliphatic heterocycles. The Bertz CT molecular complexity index is 452. The van der Waals surface area contributed by atoms with Crippen LogP contribution >= 0.6 is 0 Å². The maximum Gasteiger partial charge on any atom is 0.0898 e. The van der Waals surface area contributed by atoms with E-state index in [1.807, 2.05) is 0 Å². The summed E-state index contributed by atoms with van der Waals surface area (Å²) in [7, 11) is 0. The number of benzene rings is 1. The molecule has 1 aliphatic rings. The smallest absolute Gasteiger partial charge is 0.0898 e. The molecule has 0 aliphatic carbocycles. The monoisotopic (exact) mass is 321 g/mol. The zero-order valence-corrected chi connectivity index (χ0v) is 14.7. The second kappa shape index (κ2) is 8.78. The SMILES string of the molecule is CCc1ccc(C(C)(C)NCC(O)COC2CCOCC2)cc1. The molecule has 1 fully saturated rings. The lowest BCUT2D eigenvalue weighted by atomic mass is 9.93. The van der Waals surface area contributed by atoms with Gasteiger partial charge in [-0.05, 0) is 44.2 Å². The van der Waals surface area contributed by atoms with Crippen molar-refractivity contribution in [3.05, 3.63) is 35.4 Å². The zero-order valence-electron chi connectivity index (χ0n) is 14.7. The number of ether oxygens (including phenoxy) is 2. The predicted octanol–water partition coefficient (Wildman–Crippen LogP) is 2.63. The molecule has 4 heteroatoms. The molecule has 4 nitrogen and oxygen atoms in total. The van der Waals surface area contributed by atoms with Crippen LogP contribution in [0.25, 0.3) is 0 Å². The highest BCUT2D eigenvalue weighted by atomic mass is 16.5. The maximum atomic E-state index is 10.2. The lowest BCUT2D eigenvalue weighted by molar-refractivity contribution is -0.0593. The van der Waals surface area contributed by atoms with E-state index >= 15 is 0 Å². The van der Waals surface area contributed by atoms with Crippen molar-refractivity contribution >= 4 is 0 Å². The largest absolute Gasteiger partial charge is 0.389 e. The van der Waals surface area contributed by atoms with Gasteiger partial charge in [0.05, 0.1) is 18.8 Å². The highest BCUT2D eigenvalue weighted by Crippen LogP contribution is 2.20. The second-order valence-corrected chi connectivity index (χ2v) is 6.86. The van der Waals surface area contributed by atoms with Crippen molar-refractivity contribution in [1.82, 2.24) is 5.32 Å². The summed E-state index contributed by atoms with van der Waals surface area (Å²) in [5.41, 5.74) is 2.40. The summed E-state index contributed by atoms with van der Waals surface area (Å²) < 4.78 is 11.1. The Kier molecular flexibility index (Phi) is 7.03. The molecule has 2 rings (SSSR count). The van der Waals surface area contributed by atoms with Gasteiger partial charge in [0.15, 0.2) is 0 Å². The summed E-state index contributed by atoms with van der Waals surface area (Å²) in [6.45, 7) is 8.86. The van der Waals surface area contributed by atoms with E-state index in [1.165, 1.54) is 11.1 Å². The number of aliphatic hydroxyl groups is 1. The third kappa shape index (κ3) is 5.88. The maximum absolute atomic E-state index is 10.2. The summed E-state index contributed by atoms with van der Waals surface area (Å²) in [6.07, 6.45) is 2.64. The molecule has 1 aromatic carbocycles. The number of hydrogen-bond acceptors (Lipinski definition) is 4. The summed E-state index contributed by atoms with van der Waals surface area (Å²) in [5.74, 6) is 0. The molecular weight excluding hydrogens is 290 g/mol. The molecule has 0 aromatic heterocycles. The topological polar surface area (TPSA) is 50.7 Å². The minimum Gasteiger partial charge on any atom is -0.389 e. The Labute approximate surface area is 140 Å². The average molecular weight is 321 g/mol. The van der Waals surface area contributed by atoms with Gasteiger partial charge in [-0.3, -0.25) is 0 Å². The van der Waals surface area contributed by atoms with E-state index in [4.69, 9.17) is 9.47 Å². The van der Waals surface area contributed by atoms with Gasteiger partial charge in [0.25, 0.3) is 0 Å². The van der Waals surface area contributed by atoms with E-state index < -0.39 is 6.10 Å². The Hall–Kier alpha value is -0.940. The summed E-state index contributed by atoms with van der Waals surface area (Å²) in [6, 6.07) is 8.67. The second-order valence-electron chi connectivity index (χ2n) is 6.86. The van der Waals surface area contributed by atoms with Crippen LogP contribution in [0.4, 0.5) is 0 Å². The highest BCUT2D eigenvalue weighted by molar-refractivity contribution is 5.27. The van der Waals surface area contributed by atoms with Crippen LogP contribution < -0.4 is 5.32 Å². The molecule has 1 unspecified atom stereocenters. The molecule has 1 heterocycles. The molecular formula is C19H31NO3. The van der Waals surface area contributed by atoms with Crippen molar-refractivity contribution in [1.29, 1.82) is 0 Å². The zero-order chi connectivity index (χ0) is 16.7. The summed E-state index contributed by atoms with van der Waals surface area (Å²) in [5, 5.41) is 13.6. The van der Waals surface area contributed by atoms with Crippen molar-refractivity contribution in [2.45, 2.75) is 57.8 Å². The molecule has 0 bridgehead atoms. The average Bonchev–Trinajstić information content (AvgIpc) is 2.59. The lowest BCUT2D eigenvalue weighted by Gasteiger charge is -2.29. The van der Waals surface area contributed by atoms with Gasteiger partial charge in [0, 0.05) is 25.3 Å². The van der Waals surface area contributed by atoms with Gasteiger partial charge in [-0.1, -0.05) is 31.2 Å². The fourth-order valence-electron chi connectivity index (χ4n) is 2.78. The van der Waals surface area contributed by atoms with Crippen LogP contribution in [0.5, 0.6) is 0 Å². The molecule has 0 spiro atoms. The number of aryl methyl sites for hydroxylation is 1. The quantitative estimate of drug-likeness (QED) is 0.773. The van der Waals surface area contributed by atoms with Crippen LogP contribution in [-0.2, 0) is 21.4 Å². The van der Waals surface area contributed by atoms with Crippen molar-refractivity contribution in [3.63, 3.8) is 0 Å². The van der Waals surface area contributed by atoms with E-state index in [1.54, 1.807) is 0 Å². The first-order valence-electron chi connectivity index (χ1n) is 8.73. The predicted molar refractivity (Wildman–Crippen MR) is 92.6 cm³/mol. The first-order chi connectivity index (χ1) is 11.0. The Morgan fingerprint density at radius 3 is 2.52 bits per heavy atom. The molecule has 0 saturated carbocycles. The van der Waals surface area contributed by atoms with E-state index in [0.717, 1.165) is 32.5 Å². The normalized spacial score (nSPS) is 18.1. The molecule has 2 N–H and O–H groups in total. The number of hydrogen-bond donors (Lipinski definition) is 2. The van der Waals surface area contributed by atoms with Crippen molar-refractivity contribution in [2.75, 3.05) is 26.4 Å². The van der Waals surface area contributed by atoms with Crippen LogP contribution in [0.3, 0.4) is 0 Å². The highest BCUT2D eigenvalue weighted by Gasteiger charge is 2.22. The lowest BCUT2D eigenvalue weighted by Crippen LogP contribution is -2.43. The molecule has 1 atom stereocenters. The van der Waals surface area contributed by atoms with Gasteiger partial charge < -0.3 is 19.9 Å². The first kappa shape index (κ1) is 18.4. The number of rotatable bonds is 8. The van der Waals surface area contributed by atoms with Crippen LogP contribution in [0.2, 0.25) is 0 Å². The molecule has 23 heavy (non-hydrogen) atoms. The van der Waals surface area contributed by atoms with Crippen molar-refractivity contribution < 1.29 is 14.6 Å².